The predicted octanol–water partition coefficient (Wildman–Crippen LogP) is 3.03. The van der Waals surface area contributed by atoms with Gasteiger partial charge in [0.05, 0.1) is 0 Å². The lowest BCUT2D eigenvalue weighted by molar-refractivity contribution is 0.772. The summed E-state index contributed by atoms with van der Waals surface area (Å²) in [5, 5.41) is 10.8. The van der Waals surface area contributed by atoms with Gasteiger partial charge in [-0.1, -0.05) is 17.7 Å². The lowest BCUT2D eigenvalue weighted by atomic mass is 10.2. The van der Waals surface area contributed by atoms with Crippen LogP contribution in [0.3, 0.4) is 0 Å². The van der Waals surface area contributed by atoms with Crippen molar-refractivity contribution in [1.82, 2.24) is 9.78 Å². The summed E-state index contributed by atoms with van der Waals surface area (Å²) in [4.78, 5) is 0. The van der Waals surface area contributed by atoms with E-state index >= 15 is 0 Å². The summed E-state index contributed by atoms with van der Waals surface area (Å²) in [6, 6.07) is 9.91. The van der Waals surface area contributed by atoms with Gasteiger partial charge < -0.3 is 10.6 Å². The highest BCUT2D eigenvalue weighted by Gasteiger charge is 2.00. The number of rotatable bonds is 2. The zero-order chi connectivity index (χ0) is 12.3. The molecule has 17 heavy (non-hydrogen) atoms. The van der Waals surface area contributed by atoms with Crippen molar-refractivity contribution in [2.45, 2.75) is 6.92 Å². The molecular formula is C12H18N4S. The first-order valence-electron chi connectivity index (χ1n) is 5.28. The minimum atomic E-state index is 0. The van der Waals surface area contributed by atoms with Crippen LogP contribution >= 0.6 is 12.2 Å². The van der Waals surface area contributed by atoms with Gasteiger partial charge in [0.1, 0.15) is 0 Å². The molecule has 1 heterocycles. The number of aryl methyl sites for hydroxylation is 2. The second-order valence-electron chi connectivity index (χ2n) is 3.82. The third kappa shape index (κ3) is 3.29. The van der Waals surface area contributed by atoms with Crippen molar-refractivity contribution in [3.63, 3.8) is 0 Å². The fourth-order valence-electron chi connectivity index (χ4n) is 1.40. The Bertz CT molecular complexity index is 525. The van der Waals surface area contributed by atoms with Crippen LogP contribution in [-0.4, -0.2) is 14.9 Å². The summed E-state index contributed by atoms with van der Waals surface area (Å²) < 4.78 is 1.72. The highest BCUT2D eigenvalue weighted by molar-refractivity contribution is 7.80. The van der Waals surface area contributed by atoms with Gasteiger partial charge in [-0.15, -0.1) is 0 Å². The zero-order valence-electron chi connectivity index (χ0n) is 9.77. The van der Waals surface area contributed by atoms with E-state index in [0.29, 0.717) is 5.11 Å². The Kier molecular flexibility index (Phi) is 3.39. The molecule has 4 nitrogen and oxygen atoms in total. The Labute approximate surface area is 109 Å². The molecule has 0 radical (unpaired) electrons. The van der Waals surface area contributed by atoms with Crippen molar-refractivity contribution in [1.29, 1.82) is 0 Å². The number of hydrogen-bond donors (Lipinski definition) is 2. The molecule has 1 aromatic carbocycles. The van der Waals surface area contributed by atoms with Gasteiger partial charge in [0.25, 0.3) is 0 Å². The maximum absolute atomic E-state index is 5.19. The third-order valence-electron chi connectivity index (χ3n) is 2.26. The van der Waals surface area contributed by atoms with Crippen LogP contribution in [0.5, 0.6) is 0 Å². The molecule has 2 rings (SSSR count). The van der Waals surface area contributed by atoms with Gasteiger partial charge in [-0.05, 0) is 31.3 Å². The summed E-state index contributed by atoms with van der Waals surface area (Å²) >= 11 is 5.19. The molecule has 0 aliphatic heterocycles. The largest absolute Gasteiger partial charge is 0.332 e. The molecule has 92 valence electrons. The summed E-state index contributed by atoms with van der Waals surface area (Å²) in [6.07, 6.45) is 1.86. The van der Waals surface area contributed by atoms with Crippen LogP contribution in [-0.2, 0) is 7.05 Å². The van der Waals surface area contributed by atoms with Gasteiger partial charge in [0.2, 0.25) is 0 Å². The molecule has 0 amide bonds. The Morgan fingerprint density at radius 3 is 2.53 bits per heavy atom. The number of aromatic nitrogens is 2. The SMILES string of the molecule is Cc1ccc(NC(=S)Nc2ccn(C)n2)cc1.[HH].[HH]. The number of anilines is 2. The number of hydrogen-bond acceptors (Lipinski definition) is 2. The molecule has 0 aliphatic carbocycles. The summed E-state index contributed by atoms with van der Waals surface area (Å²) in [5.41, 5.74) is 2.18. The molecule has 0 aliphatic rings. The number of nitrogens with zero attached hydrogens (tertiary/aromatic N) is 2. The fourth-order valence-corrected chi connectivity index (χ4v) is 1.62. The molecule has 0 fully saturated rings. The minimum Gasteiger partial charge on any atom is -0.332 e. The van der Waals surface area contributed by atoms with Crippen LogP contribution in [0.25, 0.3) is 0 Å². The van der Waals surface area contributed by atoms with Gasteiger partial charge in [-0.2, -0.15) is 5.10 Å². The highest BCUT2D eigenvalue weighted by Crippen LogP contribution is 2.09. The zero-order valence-corrected chi connectivity index (χ0v) is 10.6. The highest BCUT2D eigenvalue weighted by atomic mass is 32.1. The van der Waals surface area contributed by atoms with E-state index in [1.807, 2.05) is 50.5 Å². The van der Waals surface area contributed by atoms with Crippen LogP contribution in [0.2, 0.25) is 0 Å². The molecule has 1 aromatic heterocycles. The van der Waals surface area contributed by atoms with E-state index in [4.69, 9.17) is 12.2 Å². The van der Waals surface area contributed by atoms with Crippen LogP contribution in [0.4, 0.5) is 11.5 Å². The van der Waals surface area contributed by atoms with E-state index < -0.39 is 0 Å². The molecule has 2 aromatic rings. The van der Waals surface area contributed by atoms with Gasteiger partial charge in [-0.25, -0.2) is 0 Å². The van der Waals surface area contributed by atoms with Gasteiger partial charge in [0, 0.05) is 27.9 Å². The van der Waals surface area contributed by atoms with Crippen LogP contribution in [0, 0.1) is 6.92 Å². The second kappa shape index (κ2) is 4.97. The second-order valence-corrected chi connectivity index (χ2v) is 4.23. The van der Waals surface area contributed by atoms with Gasteiger partial charge in [-0.3, -0.25) is 4.68 Å². The molecule has 5 heteroatoms. The predicted molar refractivity (Wildman–Crippen MR) is 78.5 cm³/mol. The van der Waals surface area contributed by atoms with E-state index in [1.54, 1.807) is 4.68 Å². The van der Waals surface area contributed by atoms with Crippen LogP contribution < -0.4 is 10.6 Å². The third-order valence-corrected chi connectivity index (χ3v) is 2.47. The minimum absolute atomic E-state index is 0. The van der Waals surface area contributed by atoms with E-state index in [-0.39, 0.29) is 2.85 Å². The molecule has 0 spiro atoms. The quantitative estimate of drug-likeness (QED) is 0.804. The van der Waals surface area contributed by atoms with Gasteiger partial charge >= 0.3 is 0 Å². The number of thiocarbonyl (C=S) groups is 1. The molecule has 0 unspecified atom stereocenters. The monoisotopic (exact) mass is 250 g/mol. The van der Waals surface area contributed by atoms with Crippen molar-refractivity contribution in [2.24, 2.45) is 7.05 Å². The average Bonchev–Trinajstić information content (AvgIpc) is 2.67. The molecule has 0 bridgehead atoms. The van der Waals surface area contributed by atoms with E-state index in [2.05, 4.69) is 15.7 Å². The van der Waals surface area contributed by atoms with E-state index in [1.165, 1.54) is 5.56 Å². The molecule has 0 atom stereocenters. The van der Waals surface area contributed by atoms with Crippen LogP contribution in [0.15, 0.2) is 36.5 Å². The Morgan fingerprint density at radius 1 is 1.24 bits per heavy atom. The van der Waals surface area contributed by atoms with Crippen molar-refractivity contribution < 1.29 is 2.85 Å². The van der Waals surface area contributed by atoms with Crippen molar-refractivity contribution in [3.05, 3.63) is 42.1 Å². The Balaban J connectivity index is 0.00000162. The smallest absolute Gasteiger partial charge is 0.176 e. The van der Waals surface area contributed by atoms with E-state index in [9.17, 15) is 0 Å². The van der Waals surface area contributed by atoms with Crippen LogP contribution in [0.1, 0.15) is 8.42 Å². The standard InChI is InChI=1S/C12H14N4S.2H2/c1-9-3-5-10(6-4-9)13-12(17)14-11-7-8-16(2)15-11;;/h3-8H,1-2H3,(H2,13,14,15,17);2*1H. The first-order chi connectivity index (χ1) is 8.13. The average molecular weight is 250 g/mol. The molecule has 0 saturated heterocycles. The number of nitrogens with one attached hydrogen (secondary N) is 2. The van der Waals surface area contributed by atoms with Gasteiger partial charge in [0.15, 0.2) is 10.9 Å². The van der Waals surface area contributed by atoms with E-state index in [0.717, 1.165) is 11.5 Å². The topological polar surface area (TPSA) is 41.9 Å². The molecule has 0 saturated carbocycles. The lowest BCUT2D eigenvalue weighted by Crippen LogP contribution is -2.19. The number of benzene rings is 1. The van der Waals surface area contributed by atoms with Crippen molar-refractivity contribution in [2.75, 3.05) is 10.6 Å². The summed E-state index contributed by atoms with van der Waals surface area (Å²) in [5.74, 6) is 0.733. The normalized spacial score (nSPS) is 10.0. The van der Waals surface area contributed by atoms with Crippen molar-refractivity contribution >= 4 is 28.8 Å². The first kappa shape index (κ1) is 11.6. The molecule has 2 N–H and O–H groups in total. The lowest BCUT2D eigenvalue weighted by Gasteiger charge is -2.08. The molecular weight excluding hydrogens is 232 g/mol. The fraction of sp³-hybridized carbons (Fsp3) is 0.167. The maximum Gasteiger partial charge on any atom is 0.176 e. The maximum atomic E-state index is 5.19. The Morgan fingerprint density at radius 2 is 1.94 bits per heavy atom. The van der Waals surface area contributed by atoms with Crippen molar-refractivity contribution in [3.8, 4) is 0 Å². The Hall–Kier alpha value is -1.88. The summed E-state index contributed by atoms with van der Waals surface area (Å²) in [6.45, 7) is 2.05. The first-order valence-corrected chi connectivity index (χ1v) is 5.68. The summed E-state index contributed by atoms with van der Waals surface area (Å²) in [7, 11) is 1.86.